The Morgan fingerprint density at radius 1 is 1.00 bits per heavy atom. The Hall–Kier alpha value is -4.20. The van der Waals surface area contributed by atoms with E-state index in [1.165, 1.54) is 12.5 Å². The molecule has 3 aromatic rings. The van der Waals surface area contributed by atoms with Crippen molar-refractivity contribution in [2.45, 2.75) is 46.0 Å². The van der Waals surface area contributed by atoms with Crippen molar-refractivity contribution < 1.29 is 28.5 Å². The molecule has 1 aromatic heterocycles. The summed E-state index contributed by atoms with van der Waals surface area (Å²) in [5.74, 6) is 3.25. The molecule has 8 heteroatoms. The molecule has 1 fully saturated rings. The van der Waals surface area contributed by atoms with Gasteiger partial charge in [0.15, 0.2) is 16.9 Å². The number of piperidine rings is 1. The van der Waals surface area contributed by atoms with E-state index in [0.717, 1.165) is 49.4 Å². The van der Waals surface area contributed by atoms with Crippen LogP contribution >= 0.6 is 0 Å². The number of hydrogen-bond donors (Lipinski definition) is 1. The highest BCUT2D eigenvalue weighted by Gasteiger charge is 2.22. The number of ether oxygens (including phenoxy) is 3. The molecule has 1 atom stereocenters. The molecule has 4 heterocycles. The summed E-state index contributed by atoms with van der Waals surface area (Å²) >= 11 is 0. The molecule has 210 valence electrons. The minimum Gasteiger partial charge on any atom is -0.507 e. The largest absolute Gasteiger partial charge is 0.507 e. The molecule has 40 heavy (non-hydrogen) atoms. The highest BCUT2D eigenvalue weighted by atomic mass is 16.7. The van der Waals surface area contributed by atoms with Crippen molar-refractivity contribution in [3.05, 3.63) is 75.7 Å². The SMILES string of the molecule is Cc1cc(=O)c2c(O)c3c(cc2o1)OCC(C)CC3.O=C(C=CC=Cc1ccc2c(c1)OCO2)N1CCCCC1. The van der Waals surface area contributed by atoms with E-state index in [1.807, 2.05) is 35.3 Å². The summed E-state index contributed by atoms with van der Waals surface area (Å²) in [6, 6.07) is 8.90. The summed E-state index contributed by atoms with van der Waals surface area (Å²) in [5.41, 5.74) is 1.91. The van der Waals surface area contributed by atoms with E-state index in [4.69, 9.17) is 18.6 Å². The Kier molecular flexibility index (Phi) is 8.43. The highest BCUT2D eigenvalue weighted by Crippen LogP contribution is 2.38. The number of likely N-dealkylation sites (tertiary alicyclic amines) is 1. The van der Waals surface area contributed by atoms with Crippen LogP contribution in [0.15, 0.2) is 57.8 Å². The fourth-order valence-corrected chi connectivity index (χ4v) is 5.06. The van der Waals surface area contributed by atoms with Crippen molar-refractivity contribution in [2.24, 2.45) is 5.92 Å². The number of benzene rings is 2. The van der Waals surface area contributed by atoms with Gasteiger partial charge in [-0.25, -0.2) is 0 Å². The molecule has 0 saturated carbocycles. The van der Waals surface area contributed by atoms with Gasteiger partial charge in [-0.05, 0) is 62.6 Å². The first-order valence-corrected chi connectivity index (χ1v) is 13.8. The van der Waals surface area contributed by atoms with Gasteiger partial charge in [0.25, 0.3) is 0 Å². The van der Waals surface area contributed by atoms with Gasteiger partial charge in [0.1, 0.15) is 28.2 Å². The fourth-order valence-electron chi connectivity index (χ4n) is 5.06. The number of phenolic OH excluding ortho intramolecular Hbond substituents is 1. The topological polar surface area (TPSA) is 98.4 Å². The second-order valence-corrected chi connectivity index (χ2v) is 10.5. The summed E-state index contributed by atoms with van der Waals surface area (Å²) in [7, 11) is 0. The van der Waals surface area contributed by atoms with Crippen LogP contribution in [0.3, 0.4) is 0 Å². The molecule has 1 unspecified atom stereocenters. The predicted molar refractivity (Wildman–Crippen MR) is 153 cm³/mol. The Labute approximate surface area is 233 Å². The molecule has 0 spiro atoms. The lowest BCUT2D eigenvalue weighted by molar-refractivity contribution is -0.126. The van der Waals surface area contributed by atoms with Crippen molar-refractivity contribution >= 4 is 23.0 Å². The lowest BCUT2D eigenvalue weighted by atomic mass is 10.00. The van der Waals surface area contributed by atoms with E-state index in [9.17, 15) is 14.7 Å². The molecular formula is C32H35NO7. The molecule has 3 aliphatic heterocycles. The molecule has 1 N–H and O–H groups in total. The van der Waals surface area contributed by atoms with Gasteiger partial charge in [-0.3, -0.25) is 9.59 Å². The van der Waals surface area contributed by atoms with Crippen LogP contribution in [0.4, 0.5) is 0 Å². The molecule has 3 aliphatic rings. The molecule has 1 saturated heterocycles. The number of aromatic hydroxyl groups is 1. The quantitative estimate of drug-likeness (QED) is 0.330. The molecule has 8 nitrogen and oxygen atoms in total. The third kappa shape index (κ3) is 6.33. The standard InChI is InChI=1S/C17H19NO3.C15H16O4/c19-17(18-10-4-1-5-11-18)7-3-2-6-14-8-9-15-16(12-14)21-13-20-15;1-8-3-4-10-12(18-7-8)6-13-14(15(10)17)11(16)5-9(2)19-13/h2-3,6-9,12H,1,4-5,10-11,13H2;5-6,8,17H,3-4,7H2,1-2H3. The van der Waals surface area contributed by atoms with E-state index in [2.05, 4.69) is 6.92 Å². The van der Waals surface area contributed by atoms with Crippen LogP contribution in [0.25, 0.3) is 17.0 Å². The smallest absolute Gasteiger partial charge is 0.246 e. The first-order chi connectivity index (χ1) is 19.4. The van der Waals surface area contributed by atoms with Gasteiger partial charge in [0.05, 0.1) is 6.61 Å². The monoisotopic (exact) mass is 545 g/mol. The summed E-state index contributed by atoms with van der Waals surface area (Å²) in [6.07, 6.45) is 12.4. The number of carbonyl (C=O) groups is 1. The summed E-state index contributed by atoms with van der Waals surface area (Å²) in [6.45, 7) is 6.49. The van der Waals surface area contributed by atoms with Crippen LogP contribution in [-0.2, 0) is 11.2 Å². The zero-order valence-electron chi connectivity index (χ0n) is 23.0. The minimum absolute atomic E-state index is 0.00958. The Morgan fingerprint density at radius 3 is 2.62 bits per heavy atom. The second-order valence-electron chi connectivity index (χ2n) is 10.5. The maximum Gasteiger partial charge on any atom is 0.246 e. The van der Waals surface area contributed by atoms with Crippen molar-refractivity contribution in [2.75, 3.05) is 26.5 Å². The number of carbonyl (C=O) groups excluding carboxylic acids is 1. The lowest BCUT2D eigenvalue weighted by Gasteiger charge is -2.25. The van der Waals surface area contributed by atoms with Crippen LogP contribution in [0, 0.1) is 12.8 Å². The molecule has 0 bridgehead atoms. The van der Waals surface area contributed by atoms with Crippen LogP contribution in [0.2, 0.25) is 0 Å². The summed E-state index contributed by atoms with van der Waals surface area (Å²) < 4.78 is 21.8. The predicted octanol–water partition coefficient (Wildman–Crippen LogP) is 5.77. The van der Waals surface area contributed by atoms with Crippen LogP contribution in [0.5, 0.6) is 23.0 Å². The lowest BCUT2D eigenvalue weighted by Crippen LogP contribution is -2.34. The van der Waals surface area contributed by atoms with E-state index >= 15 is 0 Å². The number of rotatable bonds is 3. The van der Waals surface area contributed by atoms with Gasteiger partial charge in [-0.2, -0.15) is 0 Å². The number of allylic oxidation sites excluding steroid dienone is 2. The van der Waals surface area contributed by atoms with E-state index in [0.29, 0.717) is 41.6 Å². The highest BCUT2D eigenvalue weighted by molar-refractivity contribution is 5.88. The Balaban J connectivity index is 0.000000162. The van der Waals surface area contributed by atoms with Crippen molar-refractivity contribution in [3.63, 3.8) is 0 Å². The average Bonchev–Trinajstić information content (AvgIpc) is 3.33. The van der Waals surface area contributed by atoms with E-state index in [1.54, 1.807) is 25.1 Å². The summed E-state index contributed by atoms with van der Waals surface area (Å²) in [5, 5.41) is 10.6. The summed E-state index contributed by atoms with van der Waals surface area (Å²) in [4.78, 5) is 25.8. The van der Waals surface area contributed by atoms with Gasteiger partial charge in [0.2, 0.25) is 12.7 Å². The number of amides is 1. The van der Waals surface area contributed by atoms with E-state index < -0.39 is 0 Å². The maximum atomic E-state index is 12.0. The molecule has 0 aliphatic carbocycles. The second kappa shape index (κ2) is 12.3. The normalized spacial score (nSPS) is 18.2. The zero-order chi connectivity index (χ0) is 28.1. The minimum atomic E-state index is -0.212. The van der Waals surface area contributed by atoms with Gasteiger partial charge in [-0.1, -0.05) is 31.2 Å². The number of nitrogens with zero attached hydrogens (tertiary/aromatic N) is 1. The van der Waals surface area contributed by atoms with Crippen LogP contribution in [0.1, 0.15) is 49.5 Å². The van der Waals surface area contributed by atoms with E-state index in [-0.39, 0.29) is 29.3 Å². The molecule has 1 amide bonds. The van der Waals surface area contributed by atoms with Crippen molar-refractivity contribution in [1.29, 1.82) is 0 Å². The third-order valence-electron chi connectivity index (χ3n) is 7.29. The zero-order valence-corrected chi connectivity index (χ0v) is 23.0. The maximum absolute atomic E-state index is 12.0. The first-order valence-electron chi connectivity index (χ1n) is 13.8. The number of fused-ring (bicyclic) bond motifs is 3. The van der Waals surface area contributed by atoms with Gasteiger partial charge in [-0.15, -0.1) is 0 Å². The van der Waals surface area contributed by atoms with Gasteiger partial charge < -0.3 is 28.6 Å². The van der Waals surface area contributed by atoms with Gasteiger partial charge >= 0.3 is 0 Å². The average molecular weight is 546 g/mol. The molecular weight excluding hydrogens is 510 g/mol. The van der Waals surface area contributed by atoms with Crippen molar-refractivity contribution in [3.8, 4) is 23.0 Å². The third-order valence-corrected chi connectivity index (χ3v) is 7.29. The Morgan fingerprint density at radius 2 is 1.80 bits per heavy atom. The molecule has 2 aromatic carbocycles. The van der Waals surface area contributed by atoms with Crippen LogP contribution < -0.4 is 19.6 Å². The first kappa shape index (κ1) is 27.4. The van der Waals surface area contributed by atoms with Gasteiger partial charge in [0, 0.05) is 36.9 Å². The van der Waals surface area contributed by atoms with Crippen molar-refractivity contribution in [1.82, 2.24) is 4.90 Å². The molecule has 0 radical (unpaired) electrons. The Bertz CT molecular complexity index is 1500. The number of phenols is 1. The number of hydrogen-bond acceptors (Lipinski definition) is 7. The van der Waals surface area contributed by atoms with Crippen LogP contribution in [-0.4, -0.2) is 42.4 Å². The number of aryl methyl sites for hydroxylation is 1. The fraction of sp³-hybridized carbons (Fsp3) is 0.375. The molecule has 6 rings (SSSR count).